The van der Waals surface area contributed by atoms with Crippen molar-refractivity contribution in [3.63, 3.8) is 0 Å². The molecule has 8 heteroatoms. The molecule has 0 saturated carbocycles. The number of aryl methyl sites for hydroxylation is 1. The Bertz CT molecular complexity index is 790. The first-order chi connectivity index (χ1) is 13.1. The van der Waals surface area contributed by atoms with E-state index in [1.807, 2.05) is 18.9 Å². The molecule has 1 aliphatic heterocycles. The van der Waals surface area contributed by atoms with Gasteiger partial charge in [0.15, 0.2) is 0 Å². The van der Waals surface area contributed by atoms with E-state index in [-0.39, 0.29) is 11.6 Å². The van der Waals surface area contributed by atoms with Crippen LogP contribution in [0.2, 0.25) is 0 Å². The number of likely N-dealkylation sites (tertiary alicyclic amines) is 1. The number of likely N-dealkylation sites (N-methyl/N-ethyl adjacent to an activating group) is 1. The summed E-state index contributed by atoms with van der Waals surface area (Å²) in [5, 5.41) is 7.73. The Morgan fingerprint density at radius 3 is 3.00 bits per heavy atom. The minimum atomic E-state index is -0.0289. The first-order valence-corrected chi connectivity index (χ1v) is 10.4. The largest absolute Gasteiger partial charge is 0.383 e. The molecule has 0 amide bonds. The number of rotatable bonds is 8. The van der Waals surface area contributed by atoms with Gasteiger partial charge in [0.25, 0.3) is 5.56 Å². The van der Waals surface area contributed by atoms with Gasteiger partial charge in [0.1, 0.15) is 0 Å². The Kier molecular flexibility index (Phi) is 6.98. The van der Waals surface area contributed by atoms with Gasteiger partial charge in [-0.25, -0.2) is 9.67 Å². The number of nitrogens with zero attached hydrogens (tertiary/aromatic N) is 5. The zero-order valence-corrected chi connectivity index (χ0v) is 17.2. The Morgan fingerprint density at radius 2 is 2.30 bits per heavy atom. The second kappa shape index (κ2) is 9.43. The first kappa shape index (κ1) is 20.0. The summed E-state index contributed by atoms with van der Waals surface area (Å²) >= 11 is 1.70. The smallest absolute Gasteiger partial charge is 0.269 e. The molecule has 1 atom stereocenters. The van der Waals surface area contributed by atoms with Gasteiger partial charge in [-0.2, -0.15) is 5.10 Å². The number of piperidine rings is 1. The number of anilines is 1. The summed E-state index contributed by atoms with van der Waals surface area (Å²) in [6.07, 6.45) is 4.83. The summed E-state index contributed by atoms with van der Waals surface area (Å²) in [5.74, 6) is 0. The summed E-state index contributed by atoms with van der Waals surface area (Å²) in [6.45, 7) is 6.32. The van der Waals surface area contributed by atoms with Crippen LogP contribution in [0.5, 0.6) is 0 Å². The highest BCUT2D eigenvalue weighted by Crippen LogP contribution is 2.20. The van der Waals surface area contributed by atoms with E-state index in [0.717, 1.165) is 56.1 Å². The number of hydrogen-bond acceptors (Lipinski definition) is 7. The third-order valence-corrected chi connectivity index (χ3v) is 5.88. The maximum absolute atomic E-state index is 12.6. The van der Waals surface area contributed by atoms with Gasteiger partial charge in [-0.15, -0.1) is 11.3 Å². The lowest BCUT2D eigenvalue weighted by Gasteiger charge is -2.33. The summed E-state index contributed by atoms with van der Waals surface area (Å²) in [4.78, 5) is 21.6. The van der Waals surface area contributed by atoms with E-state index in [4.69, 9.17) is 4.74 Å². The molecule has 27 heavy (non-hydrogen) atoms. The molecule has 148 valence electrons. The maximum atomic E-state index is 12.6. The van der Waals surface area contributed by atoms with Crippen LogP contribution in [0.15, 0.2) is 22.4 Å². The predicted molar refractivity (Wildman–Crippen MR) is 109 cm³/mol. The second-order valence-electron chi connectivity index (χ2n) is 7.12. The molecule has 0 aliphatic carbocycles. The lowest BCUT2D eigenvalue weighted by atomic mass is 10.1. The van der Waals surface area contributed by atoms with E-state index in [2.05, 4.69) is 20.4 Å². The molecule has 0 N–H and O–H groups in total. The van der Waals surface area contributed by atoms with Crippen LogP contribution in [0.3, 0.4) is 0 Å². The van der Waals surface area contributed by atoms with Gasteiger partial charge >= 0.3 is 0 Å². The molecule has 0 spiro atoms. The zero-order valence-electron chi connectivity index (χ0n) is 16.4. The molecule has 3 heterocycles. The summed E-state index contributed by atoms with van der Waals surface area (Å²) in [7, 11) is 3.62. The van der Waals surface area contributed by atoms with Gasteiger partial charge in [0, 0.05) is 51.7 Å². The number of aromatic nitrogens is 3. The van der Waals surface area contributed by atoms with Gasteiger partial charge in [-0.3, -0.25) is 4.79 Å². The minimum Gasteiger partial charge on any atom is -0.383 e. The van der Waals surface area contributed by atoms with Gasteiger partial charge < -0.3 is 14.5 Å². The van der Waals surface area contributed by atoms with Crippen LogP contribution in [-0.4, -0.2) is 66.6 Å². The Labute approximate surface area is 164 Å². The normalized spacial score (nSPS) is 18.0. The maximum Gasteiger partial charge on any atom is 0.269 e. The quantitative estimate of drug-likeness (QED) is 0.686. The Morgan fingerprint density at radius 1 is 1.44 bits per heavy atom. The average molecular weight is 392 g/mol. The fourth-order valence-electron chi connectivity index (χ4n) is 3.48. The molecular weight excluding hydrogens is 362 g/mol. The number of ether oxygens (including phenoxy) is 1. The van der Waals surface area contributed by atoms with Gasteiger partial charge in [0.2, 0.25) is 0 Å². The van der Waals surface area contributed by atoms with E-state index in [9.17, 15) is 4.79 Å². The monoisotopic (exact) mass is 391 g/mol. The van der Waals surface area contributed by atoms with Crippen LogP contribution in [0.1, 0.15) is 29.6 Å². The SMILES string of the molecule is COCCN(C)c1cnn([C@@H]2CCCN(CCc3csc(C)n3)C2)c(=O)c1. The third-order valence-electron chi connectivity index (χ3n) is 5.06. The van der Waals surface area contributed by atoms with E-state index in [0.29, 0.717) is 6.61 Å². The van der Waals surface area contributed by atoms with Crippen LogP contribution >= 0.6 is 11.3 Å². The fourth-order valence-corrected chi connectivity index (χ4v) is 4.13. The molecule has 0 unspecified atom stereocenters. The number of methoxy groups -OCH3 is 1. The van der Waals surface area contributed by atoms with Gasteiger partial charge in [0.05, 0.1) is 35.2 Å². The molecule has 0 radical (unpaired) electrons. The summed E-state index contributed by atoms with van der Waals surface area (Å²) < 4.78 is 6.76. The van der Waals surface area contributed by atoms with Crippen molar-refractivity contribution in [3.8, 4) is 0 Å². The van der Waals surface area contributed by atoms with E-state index in [1.54, 1.807) is 35.4 Å². The van der Waals surface area contributed by atoms with E-state index >= 15 is 0 Å². The second-order valence-corrected chi connectivity index (χ2v) is 8.18. The van der Waals surface area contributed by atoms with Crippen molar-refractivity contribution in [1.82, 2.24) is 19.7 Å². The standard InChI is InChI=1S/C19H29N5O2S/c1-15-21-16(14-27-15)6-8-23-7-4-5-17(13-23)24-19(25)11-18(12-20-24)22(2)9-10-26-3/h11-12,14,17H,4-10,13H2,1-3H3/t17-/m1/s1. The Balaban J connectivity index is 1.60. The molecule has 0 bridgehead atoms. The molecule has 1 fully saturated rings. The summed E-state index contributed by atoms with van der Waals surface area (Å²) in [6, 6.07) is 1.82. The van der Waals surface area contributed by atoms with Crippen LogP contribution in [0, 0.1) is 6.92 Å². The molecule has 7 nitrogen and oxygen atoms in total. The van der Waals surface area contributed by atoms with Crippen molar-refractivity contribution in [2.24, 2.45) is 0 Å². The van der Waals surface area contributed by atoms with Crippen molar-refractivity contribution >= 4 is 17.0 Å². The van der Waals surface area contributed by atoms with Gasteiger partial charge in [-0.1, -0.05) is 0 Å². The van der Waals surface area contributed by atoms with E-state index in [1.165, 1.54) is 5.69 Å². The lowest BCUT2D eigenvalue weighted by Crippen LogP contribution is -2.41. The lowest BCUT2D eigenvalue weighted by molar-refractivity contribution is 0.168. The fraction of sp³-hybridized carbons (Fsp3) is 0.632. The van der Waals surface area contributed by atoms with Crippen molar-refractivity contribution in [1.29, 1.82) is 0 Å². The molecule has 0 aromatic carbocycles. The highest BCUT2D eigenvalue weighted by Gasteiger charge is 2.23. The first-order valence-electron chi connectivity index (χ1n) is 9.49. The third kappa shape index (κ3) is 5.37. The predicted octanol–water partition coefficient (Wildman–Crippen LogP) is 1.97. The van der Waals surface area contributed by atoms with Crippen molar-refractivity contribution in [3.05, 3.63) is 38.7 Å². The molecular formula is C19H29N5O2S. The van der Waals surface area contributed by atoms with E-state index < -0.39 is 0 Å². The minimum absolute atomic E-state index is 0.0289. The summed E-state index contributed by atoms with van der Waals surface area (Å²) in [5.41, 5.74) is 1.97. The molecule has 2 aromatic rings. The van der Waals surface area contributed by atoms with Gasteiger partial charge in [-0.05, 0) is 26.3 Å². The Hall–Kier alpha value is -1.77. The molecule has 3 rings (SSSR count). The zero-order chi connectivity index (χ0) is 19.2. The van der Waals surface area contributed by atoms with Crippen molar-refractivity contribution < 1.29 is 4.74 Å². The van der Waals surface area contributed by atoms with Crippen LogP contribution in [-0.2, 0) is 11.2 Å². The topological polar surface area (TPSA) is 63.5 Å². The highest BCUT2D eigenvalue weighted by atomic mass is 32.1. The highest BCUT2D eigenvalue weighted by molar-refractivity contribution is 7.09. The average Bonchev–Trinajstić information content (AvgIpc) is 3.10. The van der Waals surface area contributed by atoms with Crippen LogP contribution < -0.4 is 10.5 Å². The van der Waals surface area contributed by atoms with Crippen molar-refractivity contribution in [2.75, 3.05) is 51.8 Å². The molecule has 1 saturated heterocycles. The molecule has 1 aliphatic rings. The van der Waals surface area contributed by atoms with Crippen LogP contribution in [0.25, 0.3) is 0 Å². The number of thiazole rings is 1. The number of hydrogen-bond donors (Lipinski definition) is 0. The van der Waals surface area contributed by atoms with Crippen molar-refractivity contribution in [2.45, 2.75) is 32.2 Å². The van der Waals surface area contributed by atoms with Crippen LogP contribution in [0.4, 0.5) is 5.69 Å². The molecule has 2 aromatic heterocycles.